The Bertz CT molecular complexity index is 640. The SMILES string of the molecule is CC(NCC#Cc1ccccc1)c1ccc(C#N)cc1. The topological polar surface area (TPSA) is 35.8 Å². The van der Waals surface area contributed by atoms with Gasteiger partial charge in [-0.3, -0.25) is 5.32 Å². The maximum atomic E-state index is 8.76. The van der Waals surface area contributed by atoms with Gasteiger partial charge in [0.25, 0.3) is 0 Å². The van der Waals surface area contributed by atoms with Gasteiger partial charge in [-0.05, 0) is 36.8 Å². The van der Waals surface area contributed by atoms with E-state index < -0.39 is 0 Å². The fraction of sp³-hybridized carbons (Fsp3) is 0.167. The van der Waals surface area contributed by atoms with Gasteiger partial charge in [0.1, 0.15) is 0 Å². The van der Waals surface area contributed by atoms with Gasteiger partial charge in [0.15, 0.2) is 0 Å². The van der Waals surface area contributed by atoms with E-state index in [0.29, 0.717) is 12.1 Å². The Kier molecular flexibility index (Phi) is 4.95. The molecule has 0 heterocycles. The Balaban J connectivity index is 1.88. The second kappa shape index (κ2) is 7.14. The van der Waals surface area contributed by atoms with Gasteiger partial charge in [-0.1, -0.05) is 42.2 Å². The Hall–Kier alpha value is -2.55. The van der Waals surface area contributed by atoms with Gasteiger partial charge in [-0.2, -0.15) is 5.26 Å². The molecule has 2 heteroatoms. The Morgan fingerprint density at radius 3 is 2.35 bits per heavy atom. The Morgan fingerprint density at radius 2 is 1.70 bits per heavy atom. The third-order valence-electron chi connectivity index (χ3n) is 3.04. The van der Waals surface area contributed by atoms with Gasteiger partial charge in [-0.25, -0.2) is 0 Å². The molecule has 2 nitrogen and oxygen atoms in total. The third-order valence-corrected chi connectivity index (χ3v) is 3.04. The lowest BCUT2D eigenvalue weighted by Gasteiger charge is -2.11. The van der Waals surface area contributed by atoms with Crippen LogP contribution in [-0.2, 0) is 0 Å². The summed E-state index contributed by atoms with van der Waals surface area (Å²) in [5, 5.41) is 12.1. The minimum Gasteiger partial charge on any atom is -0.300 e. The van der Waals surface area contributed by atoms with Crippen molar-refractivity contribution < 1.29 is 0 Å². The number of hydrogen-bond donors (Lipinski definition) is 1. The van der Waals surface area contributed by atoms with Crippen LogP contribution in [0.1, 0.15) is 29.7 Å². The second-order valence-electron chi connectivity index (χ2n) is 4.50. The van der Waals surface area contributed by atoms with Crippen LogP contribution in [-0.4, -0.2) is 6.54 Å². The van der Waals surface area contributed by atoms with Crippen LogP contribution in [0.3, 0.4) is 0 Å². The minimum atomic E-state index is 0.216. The molecule has 20 heavy (non-hydrogen) atoms. The van der Waals surface area contributed by atoms with Gasteiger partial charge in [-0.15, -0.1) is 0 Å². The normalized spacial score (nSPS) is 11.0. The van der Waals surface area contributed by atoms with Gasteiger partial charge in [0.2, 0.25) is 0 Å². The number of nitriles is 1. The highest BCUT2D eigenvalue weighted by Crippen LogP contribution is 2.12. The predicted molar refractivity (Wildman–Crippen MR) is 80.9 cm³/mol. The average Bonchev–Trinajstić information content (AvgIpc) is 2.52. The summed E-state index contributed by atoms with van der Waals surface area (Å²) in [4.78, 5) is 0. The molecule has 1 atom stereocenters. The second-order valence-corrected chi connectivity index (χ2v) is 4.50. The first-order valence-corrected chi connectivity index (χ1v) is 6.57. The third kappa shape index (κ3) is 3.99. The summed E-state index contributed by atoms with van der Waals surface area (Å²) in [6.45, 7) is 2.72. The van der Waals surface area contributed by atoms with Crippen molar-refractivity contribution in [3.8, 4) is 17.9 Å². The molecule has 2 aromatic rings. The van der Waals surface area contributed by atoms with Gasteiger partial charge >= 0.3 is 0 Å². The highest BCUT2D eigenvalue weighted by Gasteiger charge is 2.02. The van der Waals surface area contributed by atoms with Gasteiger partial charge < -0.3 is 0 Å². The number of rotatable bonds is 3. The van der Waals surface area contributed by atoms with Crippen LogP contribution in [0.5, 0.6) is 0 Å². The number of nitrogens with zero attached hydrogens (tertiary/aromatic N) is 1. The van der Waals surface area contributed by atoms with Crippen molar-refractivity contribution >= 4 is 0 Å². The van der Waals surface area contributed by atoms with E-state index >= 15 is 0 Å². The Labute approximate surface area is 120 Å². The first-order chi connectivity index (χ1) is 9.79. The largest absolute Gasteiger partial charge is 0.300 e. The smallest absolute Gasteiger partial charge is 0.0991 e. The summed E-state index contributed by atoms with van der Waals surface area (Å²) in [6, 6.07) is 19.9. The lowest BCUT2D eigenvalue weighted by atomic mass is 10.1. The maximum Gasteiger partial charge on any atom is 0.0991 e. The molecule has 0 aliphatic carbocycles. The van der Waals surface area contributed by atoms with E-state index in [9.17, 15) is 0 Å². The molecule has 0 radical (unpaired) electrons. The quantitative estimate of drug-likeness (QED) is 0.860. The summed E-state index contributed by atoms with van der Waals surface area (Å²) in [7, 11) is 0. The van der Waals surface area contributed by atoms with Crippen LogP contribution in [0.4, 0.5) is 0 Å². The zero-order valence-electron chi connectivity index (χ0n) is 11.4. The van der Waals surface area contributed by atoms with Crippen molar-refractivity contribution in [2.45, 2.75) is 13.0 Å². The first kappa shape index (κ1) is 13.9. The van der Waals surface area contributed by atoms with E-state index in [0.717, 1.165) is 11.1 Å². The van der Waals surface area contributed by atoms with Gasteiger partial charge in [0.05, 0.1) is 18.2 Å². The van der Waals surface area contributed by atoms with Crippen molar-refractivity contribution in [3.05, 3.63) is 71.3 Å². The van der Waals surface area contributed by atoms with Crippen molar-refractivity contribution in [1.29, 1.82) is 5.26 Å². The lowest BCUT2D eigenvalue weighted by Crippen LogP contribution is -2.18. The summed E-state index contributed by atoms with van der Waals surface area (Å²) < 4.78 is 0. The fourth-order valence-corrected chi connectivity index (χ4v) is 1.84. The molecule has 98 valence electrons. The number of hydrogen-bond acceptors (Lipinski definition) is 2. The molecule has 2 aromatic carbocycles. The summed E-state index contributed by atoms with van der Waals surface area (Å²) in [5.41, 5.74) is 2.87. The molecule has 0 bridgehead atoms. The molecule has 0 aliphatic rings. The highest BCUT2D eigenvalue weighted by molar-refractivity contribution is 5.34. The van der Waals surface area contributed by atoms with E-state index in [2.05, 4.69) is 30.2 Å². The summed E-state index contributed by atoms with van der Waals surface area (Å²) >= 11 is 0. The van der Waals surface area contributed by atoms with Crippen molar-refractivity contribution in [1.82, 2.24) is 5.32 Å². The van der Waals surface area contributed by atoms with Crippen LogP contribution < -0.4 is 5.32 Å². The zero-order chi connectivity index (χ0) is 14.2. The number of benzene rings is 2. The van der Waals surface area contributed by atoms with E-state index in [1.54, 1.807) is 0 Å². The molecular weight excluding hydrogens is 244 g/mol. The molecule has 0 aliphatic heterocycles. The first-order valence-electron chi connectivity index (χ1n) is 6.57. The molecule has 0 amide bonds. The van der Waals surface area contributed by atoms with Crippen LogP contribution >= 0.6 is 0 Å². The molecule has 0 saturated heterocycles. The van der Waals surface area contributed by atoms with Crippen molar-refractivity contribution in [2.75, 3.05) is 6.54 Å². The molecule has 0 aromatic heterocycles. The minimum absolute atomic E-state index is 0.216. The van der Waals surface area contributed by atoms with E-state index in [1.165, 1.54) is 0 Å². The molecular formula is C18H16N2. The number of nitrogens with one attached hydrogen (secondary N) is 1. The Morgan fingerprint density at radius 1 is 1.00 bits per heavy atom. The monoisotopic (exact) mass is 260 g/mol. The molecule has 0 fully saturated rings. The van der Waals surface area contributed by atoms with Crippen molar-refractivity contribution in [3.63, 3.8) is 0 Å². The van der Waals surface area contributed by atoms with Crippen molar-refractivity contribution in [2.24, 2.45) is 0 Å². The van der Waals surface area contributed by atoms with E-state index in [4.69, 9.17) is 5.26 Å². The molecule has 1 unspecified atom stereocenters. The standard InChI is InChI=1S/C18H16N2/c1-15(18-11-9-17(14-19)10-12-18)20-13-5-8-16-6-3-2-4-7-16/h2-4,6-7,9-12,15,20H,13H2,1H3. The zero-order valence-corrected chi connectivity index (χ0v) is 11.4. The molecule has 0 saturated carbocycles. The van der Waals surface area contributed by atoms with E-state index in [-0.39, 0.29) is 6.04 Å². The van der Waals surface area contributed by atoms with Crippen LogP contribution in [0.15, 0.2) is 54.6 Å². The lowest BCUT2D eigenvalue weighted by molar-refractivity contribution is 0.623. The predicted octanol–water partition coefficient (Wildman–Crippen LogP) is 3.26. The maximum absolute atomic E-state index is 8.76. The molecule has 2 rings (SSSR count). The summed E-state index contributed by atoms with van der Waals surface area (Å²) in [5.74, 6) is 6.23. The van der Waals surface area contributed by atoms with Gasteiger partial charge in [0, 0.05) is 11.6 Å². The molecule has 0 spiro atoms. The van der Waals surface area contributed by atoms with Crippen LogP contribution in [0, 0.1) is 23.2 Å². The van der Waals surface area contributed by atoms with Crippen LogP contribution in [0.25, 0.3) is 0 Å². The van der Waals surface area contributed by atoms with E-state index in [1.807, 2.05) is 54.6 Å². The molecule has 1 N–H and O–H groups in total. The summed E-state index contributed by atoms with van der Waals surface area (Å²) in [6.07, 6.45) is 0. The van der Waals surface area contributed by atoms with Crippen LogP contribution in [0.2, 0.25) is 0 Å². The average molecular weight is 260 g/mol. The fourth-order valence-electron chi connectivity index (χ4n) is 1.84. The highest BCUT2D eigenvalue weighted by atomic mass is 14.9.